The van der Waals surface area contributed by atoms with Crippen molar-refractivity contribution in [3.05, 3.63) is 29.3 Å². The Morgan fingerprint density at radius 3 is 2.94 bits per heavy atom. The second-order valence-electron chi connectivity index (χ2n) is 4.21. The Balaban J connectivity index is 1.97. The molecule has 16 heavy (non-hydrogen) atoms. The molecule has 0 bridgehead atoms. The zero-order valence-corrected chi connectivity index (χ0v) is 9.33. The van der Waals surface area contributed by atoms with Gasteiger partial charge in [-0.05, 0) is 48.9 Å². The molecule has 1 aliphatic carbocycles. The quantitative estimate of drug-likeness (QED) is 0.812. The van der Waals surface area contributed by atoms with Gasteiger partial charge in [-0.25, -0.2) is 0 Å². The van der Waals surface area contributed by atoms with Crippen LogP contribution in [0.2, 0.25) is 0 Å². The van der Waals surface area contributed by atoms with Gasteiger partial charge in [0.15, 0.2) is 0 Å². The van der Waals surface area contributed by atoms with Crippen molar-refractivity contribution in [1.82, 2.24) is 0 Å². The number of hydrogen-bond donors (Lipinski definition) is 2. The van der Waals surface area contributed by atoms with Crippen LogP contribution in [0.15, 0.2) is 18.2 Å². The zero-order chi connectivity index (χ0) is 11.4. The first-order chi connectivity index (χ1) is 7.79. The van der Waals surface area contributed by atoms with Gasteiger partial charge in [-0.1, -0.05) is 6.07 Å². The summed E-state index contributed by atoms with van der Waals surface area (Å²) in [7, 11) is 0. The fourth-order valence-electron chi connectivity index (χ4n) is 2.11. The van der Waals surface area contributed by atoms with Gasteiger partial charge in [0.25, 0.3) is 0 Å². The molecular weight excluding hydrogens is 202 g/mol. The first-order valence-corrected chi connectivity index (χ1v) is 5.82. The van der Waals surface area contributed by atoms with E-state index in [2.05, 4.69) is 17.4 Å². The highest BCUT2D eigenvalue weighted by molar-refractivity contribution is 5.90. The highest BCUT2D eigenvalue weighted by Gasteiger charge is 2.11. The number of anilines is 1. The van der Waals surface area contributed by atoms with E-state index in [1.54, 1.807) is 0 Å². The third kappa shape index (κ3) is 2.61. The molecule has 0 aromatic heterocycles. The number of rotatable bonds is 4. The molecule has 0 heterocycles. The lowest BCUT2D eigenvalue weighted by Gasteiger charge is -2.06. The smallest absolute Gasteiger partial charge is 0.224 e. The number of fused-ring (bicyclic) bond motifs is 1. The normalized spacial score (nSPS) is 13.6. The first kappa shape index (κ1) is 11.1. The number of nitrogens with one attached hydrogen (secondary N) is 1. The van der Waals surface area contributed by atoms with Crippen molar-refractivity contribution >= 4 is 11.6 Å². The lowest BCUT2D eigenvalue weighted by Crippen LogP contribution is -2.11. The highest BCUT2D eigenvalue weighted by atomic mass is 16.3. The lowest BCUT2D eigenvalue weighted by molar-refractivity contribution is -0.116. The van der Waals surface area contributed by atoms with Gasteiger partial charge in [0, 0.05) is 18.7 Å². The van der Waals surface area contributed by atoms with Gasteiger partial charge in [-0.3, -0.25) is 4.79 Å². The van der Waals surface area contributed by atoms with E-state index in [0.717, 1.165) is 18.5 Å². The van der Waals surface area contributed by atoms with Crippen molar-refractivity contribution in [2.24, 2.45) is 0 Å². The lowest BCUT2D eigenvalue weighted by atomic mass is 10.1. The molecule has 0 aliphatic heterocycles. The van der Waals surface area contributed by atoms with Crippen LogP contribution in [0.1, 0.15) is 30.4 Å². The molecule has 0 saturated carbocycles. The van der Waals surface area contributed by atoms with Crippen molar-refractivity contribution in [2.45, 2.75) is 32.1 Å². The monoisotopic (exact) mass is 219 g/mol. The molecule has 0 saturated heterocycles. The molecule has 3 heteroatoms. The summed E-state index contributed by atoms with van der Waals surface area (Å²) in [5, 5.41) is 11.5. The Hall–Kier alpha value is -1.35. The Morgan fingerprint density at radius 1 is 1.31 bits per heavy atom. The number of aliphatic hydroxyl groups excluding tert-OH is 1. The Bertz CT molecular complexity index is 388. The van der Waals surface area contributed by atoms with Crippen LogP contribution >= 0.6 is 0 Å². The van der Waals surface area contributed by atoms with Crippen LogP contribution in [-0.4, -0.2) is 17.6 Å². The van der Waals surface area contributed by atoms with Crippen molar-refractivity contribution in [3.63, 3.8) is 0 Å². The summed E-state index contributed by atoms with van der Waals surface area (Å²) in [4.78, 5) is 11.4. The van der Waals surface area contributed by atoms with Crippen molar-refractivity contribution in [1.29, 1.82) is 0 Å². The van der Waals surface area contributed by atoms with Gasteiger partial charge in [0.2, 0.25) is 5.91 Å². The van der Waals surface area contributed by atoms with Crippen LogP contribution in [0.4, 0.5) is 5.69 Å². The fourth-order valence-corrected chi connectivity index (χ4v) is 2.11. The van der Waals surface area contributed by atoms with E-state index in [-0.39, 0.29) is 12.5 Å². The standard InChI is InChI=1S/C13H17NO2/c15-8-2-5-13(16)14-12-7-6-10-3-1-4-11(10)9-12/h6-7,9,15H,1-5,8H2,(H,14,16). The second kappa shape index (κ2) is 5.12. The summed E-state index contributed by atoms with van der Waals surface area (Å²) in [6.45, 7) is 0.0671. The minimum atomic E-state index is -0.0213. The van der Waals surface area contributed by atoms with E-state index in [1.165, 1.54) is 17.5 Å². The Kier molecular flexibility index (Phi) is 3.57. The summed E-state index contributed by atoms with van der Waals surface area (Å²) in [6, 6.07) is 6.13. The molecule has 1 aromatic rings. The summed E-state index contributed by atoms with van der Waals surface area (Å²) >= 11 is 0. The minimum absolute atomic E-state index is 0.0213. The number of hydrogen-bond acceptors (Lipinski definition) is 2. The molecule has 0 spiro atoms. The zero-order valence-electron chi connectivity index (χ0n) is 9.33. The molecule has 2 N–H and O–H groups in total. The molecular formula is C13H17NO2. The van der Waals surface area contributed by atoms with E-state index < -0.39 is 0 Å². The Labute approximate surface area is 95.5 Å². The third-order valence-electron chi connectivity index (χ3n) is 2.94. The SMILES string of the molecule is O=C(CCCO)Nc1ccc2c(c1)CCC2. The van der Waals surface area contributed by atoms with Crippen LogP contribution in [0.3, 0.4) is 0 Å². The van der Waals surface area contributed by atoms with Crippen LogP contribution in [0, 0.1) is 0 Å². The Morgan fingerprint density at radius 2 is 2.12 bits per heavy atom. The number of benzene rings is 1. The van der Waals surface area contributed by atoms with Gasteiger partial charge in [0.05, 0.1) is 0 Å². The van der Waals surface area contributed by atoms with Crippen molar-refractivity contribution in [2.75, 3.05) is 11.9 Å². The first-order valence-electron chi connectivity index (χ1n) is 5.82. The molecule has 0 fully saturated rings. The van der Waals surface area contributed by atoms with E-state index in [4.69, 9.17) is 5.11 Å². The van der Waals surface area contributed by atoms with Crippen LogP contribution < -0.4 is 5.32 Å². The van der Waals surface area contributed by atoms with Crippen molar-refractivity contribution in [3.8, 4) is 0 Å². The number of carbonyl (C=O) groups excluding carboxylic acids is 1. The highest BCUT2D eigenvalue weighted by Crippen LogP contribution is 2.24. The summed E-state index contributed by atoms with van der Waals surface area (Å²) in [5.74, 6) is -0.0213. The van der Waals surface area contributed by atoms with Gasteiger partial charge >= 0.3 is 0 Å². The average Bonchev–Trinajstić information content (AvgIpc) is 2.73. The van der Waals surface area contributed by atoms with Crippen molar-refractivity contribution < 1.29 is 9.90 Å². The largest absolute Gasteiger partial charge is 0.396 e. The number of aryl methyl sites for hydroxylation is 2. The maximum Gasteiger partial charge on any atom is 0.224 e. The molecule has 86 valence electrons. The maximum atomic E-state index is 11.4. The van der Waals surface area contributed by atoms with Gasteiger partial charge in [0.1, 0.15) is 0 Å². The predicted molar refractivity (Wildman–Crippen MR) is 63.4 cm³/mol. The molecule has 0 radical (unpaired) electrons. The molecule has 1 aliphatic rings. The maximum absolute atomic E-state index is 11.4. The molecule has 1 aromatic carbocycles. The molecule has 3 nitrogen and oxygen atoms in total. The average molecular weight is 219 g/mol. The molecule has 0 atom stereocenters. The topological polar surface area (TPSA) is 49.3 Å². The molecule has 0 unspecified atom stereocenters. The number of aliphatic hydroxyl groups is 1. The second-order valence-corrected chi connectivity index (χ2v) is 4.21. The van der Waals surface area contributed by atoms with Gasteiger partial charge in [-0.15, -0.1) is 0 Å². The number of carbonyl (C=O) groups is 1. The third-order valence-corrected chi connectivity index (χ3v) is 2.94. The number of amides is 1. The van der Waals surface area contributed by atoms with E-state index in [0.29, 0.717) is 12.8 Å². The van der Waals surface area contributed by atoms with Gasteiger partial charge < -0.3 is 10.4 Å². The summed E-state index contributed by atoms with van der Waals surface area (Å²) in [6.07, 6.45) is 4.41. The summed E-state index contributed by atoms with van der Waals surface area (Å²) < 4.78 is 0. The van der Waals surface area contributed by atoms with E-state index in [1.807, 2.05) is 6.07 Å². The van der Waals surface area contributed by atoms with E-state index in [9.17, 15) is 4.79 Å². The molecule has 2 rings (SSSR count). The van der Waals surface area contributed by atoms with E-state index >= 15 is 0 Å². The van der Waals surface area contributed by atoms with Gasteiger partial charge in [-0.2, -0.15) is 0 Å². The predicted octanol–water partition coefficient (Wildman–Crippen LogP) is 1.89. The summed E-state index contributed by atoms with van der Waals surface area (Å²) in [5.41, 5.74) is 3.65. The minimum Gasteiger partial charge on any atom is -0.396 e. The van der Waals surface area contributed by atoms with Crippen LogP contribution in [0.25, 0.3) is 0 Å². The van der Waals surface area contributed by atoms with Crippen LogP contribution in [-0.2, 0) is 17.6 Å². The van der Waals surface area contributed by atoms with Crippen LogP contribution in [0.5, 0.6) is 0 Å². The fraction of sp³-hybridized carbons (Fsp3) is 0.462. The molecule has 1 amide bonds.